The van der Waals surface area contributed by atoms with E-state index in [4.69, 9.17) is 4.74 Å². The average Bonchev–Trinajstić information content (AvgIpc) is 2.88. The molecule has 9 nitrogen and oxygen atoms in total. The number of hydrogen-bond donors (Lipinski definition) is 3. The first-order valence-corrected chi connectivity index (χ1v) is 16.2. The summed E-state index contributed by atoms with van der Waals surface area (Å²) in [5.74, 6) is 0.521. The molecule has 1 heterocycles. The molecule has 0 spiro atoms. The number of carbonyl (C=O) groups excluding carboxylic acids is 1. The van der Waals surface area contributed by atoms with E-state index < -0.39 is 30.0 Å². The number of fused-ring (bicyclic) bond motifs is 2. The fraction of sp³-hybridized carbons (Fsp3) is 0.300. The number of nitrogens with one attached hydrogen (secondary N) is 1. The molecule has 0 saturated carbocycles. The lowest BCUT2D eigenvalue weighted by Crippen LogP contribution is -2.27. The Morgan fingerprint density at radius 2 is 1.56 bits per heavy atom. The van der Waals surface area contributed by atoms with Gasteiger partial charge in [-0.3, -0.25) is 13.9 Å². The molecule has 1 aliphatic rings. The molecule has 3 aromatic carbocycles. The minimum atomic E-state index is -4.96. The summed E-state index contributed by atoms with van der Waals surface area (Å²) in [6, 6.07) is 9.90. The van der Waals surface area contributed by atoms with Gasteiger partial charge in [0.15, 0.2) is 0 Å². The highest BCUT2D eigenvalue weighted by Crippen LogP contribution is 2.41. The first kappa shape index (κ1) is 30.4. The van der Waals surface area contributed by atoms with Crippen LogP contribution in [0.2, 0.25) is 0 Å². The van der Waals surface area contributed by atoms with Gasteiger partial charge in [-0.25, -0.2) is 0 Å². The van der Waals surface area contributed by atoms with E-state index in [1.165, 1.54) is 13.0 Å². The van der Waals surface area contributed by atoms with Gasteiger partial charge in [0.1, 0.15) is 16.4 Å². The molecule has 1 aliphatic heterocycles. The minimum Gasteiger partial charge on any atom is -0.456 e. The molecule has 0 aromatic heterocycles. The van der Waals surface area contributed by atoms with E-state index in [9.17, 15) is 30.7 Å². The van der Waals surface area contributed by atoms with Gasteiger partial charge < -0.3 is 10.1 Å². The summed E-state index contributed by atoms with van der Waals surface area (Å²) in [5, 5.41) is 4.12. The summed E-state index contributed by atoms with van der Waals surface area (Å²) < 4.78 is 75.2. The van der Waals surface area contributed by atoms with Crippen molar-refractivity contribution < 1.29 is 35.5 Å². The largest absolute Gasteiger partial charge is 0.456 e. The van der Waals surface area contributed by atoms with Crippen LogP contribution in [0, 0.1) is 0 Å². The fourth-order valence-corrected chi connectivity index (χ4v) is 6.36. The van der Waals surface area contributed by atoms with Gasteiger partial charge in [-0.1, -0.05) is 39.3 Å². The lowest BCUT2D eigenvalue weighted by atomic mass is 9.88. The van der Waals surface area contributed by atoms with Crippen molar-refractivity contribution in [1.82, 2.24) is 0 Å². The molecule has 0 saturated heterocycles. The number of benzene rings is 3. The summed E-state index contributed by atoms with van der Waals surface area (Å²) in [4.78, 5) is 10.4. The minimum absolute atomic E-state index is 0.0256. The maximum Gasteiger partial charge on any atom is 0.295 e. The van der Waals surface area contributed by atoms with Gasteiger partial charge in [-0.15, -0.1) is 0 Å². The van der Waals surface area contributed by atoms with Crippen molar-refractivity contribution >= 4 is 44.0 Å². The molecule has 3 aromatic rings. The van der Waals surface area contributed by atoms with Crippen LogP contribution in [0.4, 0.5) is 5.69 Å². The van der Waals surface area contributed by atoms with Gasteiger partial charge in [0.2, 0.25) is 5.91 Å². The lowest BCUT2D eigenvalue weighted by Gasteiger charge is -2.26. The first-order valence-electron chi connectivity index (χ1n) is 13.3. The molecule has 0 bridgehead atoms. The van der Waals surface area contributed by atoms with Crippen LogP contribution in [0.5, 0.6) is 11.5 Å². The van der Waals surface area contributed by atoms with E-state index in [0.717, 1.165) is 60.6 Å². The molecule has 4 rings (SSSR count). The third-order valence-electron chi connectivity index (χ3n) is 7.02. The predicted molar refractivity (Wildman–Crippen MR) is 157 cm³/mol. The number of amides is 1. The molecule has 0 aliphatic carbocycles. The summed E-state index contributed by atoms with van der Waals surface area (Å²) >= 11 is 0. The standard InChI is InChI=1S/C30H33NO8S2/c1-5-7-9-20-15-26-29(25-14-12-22(40(33,34)35)17-28(25)41(36,37)38)24-13-11-21(31-19(4)32)16-27(24)39-30(26)23(18(20)3)10-8-6-2/h11-17H,3,5-10H2,1-2,4H3,(H,31,32)(H,33,34,35)(H,36,37,38). The van der Waals surface area contributed by atoms with E-state index in [1.807, 2.05) is 6.07 Å². The van der Waals surface area contributed by atoms with Crippen molar-refractivity contribution in [3.8, 4) is 11.5 Å². The molecule has 218 valence electrons. The van der Waals surface area contributed by atoms with Gasteiger partial charge in [-0.2, -0.15) is 16.8 Å². The van der Waals surface area contributed by atoms with Crippen molar-refractivity contribution in [3.05, 3.63) is 75.2 Å². The quantitative estimate of drug-likeness (QED) is 0.224. The first-order chi connectivity index (χ1) is 19.3. The zero-order valence-electron chi connectivity index (χ0n) is 23.2. The number of rotatable bonds is 10. The number of hydrogen-bond acceptors (Lipinski definition) is 6. The second-order valence-corrected chi connectivity index (χ2v) is 12.9. The van der Waals surface area contributed by atoms with Crippen molar-refractivity contribution in [2.45, 2.75) is 69.1 Å². The number of unbranched alkanes of at least 4 members (excludes halogenated alkanes) is 2. The summed E-state index contributed by atoms with van der Waals surface area (Å²) in [5.41, 5.74) is 3.18. The molecular weight excluding hydrogens is 566 g/mol. The van der Waals surface area contributed by atoms with Gasteiger partial charge in [0.05, 0.1) is 4.90 Å². The van der Waals surface area contributed by atoms with E-state index in [0.29, 0.717) is 40.0 Å². The van der Waals surface area contributed by atoms with Crippen molar-refractivity contribution in [2.24, 2.45) is 0 Å². The maximum atomic E-state index is 12.6. The van der Waals surface area contributed by atoms with E-state index >= 15 is 0 Å². The number of aryl methyl sites for hydroxylation is 1. The van der Waals surface area contributed by atoms with Crippen LogP contribution in [0.1, 0.15) is 68.7 Å². The monoisotopic (exact) mass is 599 g/mol. The normalized spacial score (nSPS) is 12.9. The Balaban J connectivity index is 2.20. The molecular formula is C30H33NO8S2. The van der Waals surface area contributed by atoms with Crippen LogP contribution in [0.15, 0.2) is 52.3 Å². The Morgan fingerprint density at radius 3 is 2.17 bits per heavy atom. The van der Waals surface area contributed by atoms with Crippen LogP contribution in [-0.4, -0.2) is 31.8 Å². The Hall–Kier alpha value is -3.51. The van der Waals surface area contributed by atoms with Crippen LogP contribution in [0.3, 0.4) is 0 Å². The van der Waals surface area contributed by atoms with Crippen molar-refractivity contribution in [1.29, 1.82) is 0 Å². The lowest BCUT2D eigenvalue weighted by molar-refractivity contribution is -0.114. The second kappa shape index (κ2) is 11.8. The molecule has 0 radical (unpaired) electrons. The van der Waals surface area contributed by atoms with Gasteiger partial charge >= 0.3 is 0 Å². The second-order valence-electron chi connectivity index (χ2n) is 10.1. The topological polar surface area (TPSA) is 147 Å². The molecule has 0 fully saturated rings. The van der Waals surface area contributed by atoms with Crippen LogP contribution in [-0.2, 0) is 37.9 Å². The average molecular weight is 600 g/mol. The highest BCUT2D eigenvalue weighted by molar-refractivity contribution is 7.86. The summed E-state index contributed by atoms with van der Waals surface area (Å²) in [7, 11) is -9.73. The SMILES string of the molecule is C=c1c(CCCC)cc2c(c1CCCC)Oc1cc(NC(C)=O)ccc1C=2c1ccc(S(=O)(=O)O)cc1S(=O)(=O)O. The Labute approximate surface area is 240 Å². The van der Waals surface area contributed by atoms with E-state index in [-0.39, 0.29) is 11.5 Å². The van der Waals surface area contributed by atoms with E-state index in [1.54, 1.807) is 18.2 Å². The molecule has 0 unspecified atom stereocenters. The zero-order chi connectivity index (χ0) is 30.1. The smallest absolute Gasteiger partial charge is 0.295 e. The Bertz CT molecular complexity index is 1860. The highest BCUT2D eigenvalue weighted by atomic mass is 32.2. The Kier molecular flexibility index (Phi) is 8.74. The highest BCUT2D eigenvalue weighted by Gasteiger charge is 2.29. The molecule has 1 amide bonds. The van der Waals surface area contributed by atoms with Crippen LogP contribution >= 0.6 is 0 Å². The maximum absolute atomic E-state index is 12.6. The Morgan fingerprint density at radius 1 is 0.902 bits per heavy atom. The van der Waals surface area contributed by atoms with Gasteiger partial charge in [0.25, 0.3) is 20.2 Å². The number of ether oxygens (including phenoxy) is 1. The molecule has 41 heavy (non-hydrogen) atoms. The number of anilines is 1. The number of carbonyl (C=O) groups is 1. The molecule has 0 atom stereocenters. The van der Waals surface area contributed by atoms with E-state index in [2.05, 4.69) is 25.7 Å². The molecule has 11 heteroatoms. The third kappa shape index (κ3) is 6.38. The van der Waals surface area contributed by atoms with Crippen LogP contribution < -0.4 is 20.5 Å². The fourth-order valence-electron chi connectivity index (χ4n) is 5.05. The summed E-state index contributed by atoms with van der Waals surface area (Å²) in [6.45, 7) is 9.89. The van der Waals surface area contributed by atoms with Gasteiger partial charge in [-0.05, 0) is 66.8 Å². The summed E-state index contributed by atoms with van der Waals surface area (Å²) in [6.07, 6.45) is 5.00. The van der Waals surface area contributed by atoms with Crippen molar-refractivity contribution in [3.63, 3.8) is 0 Å². The predicted octanol–water partition coefficient (Wildman–Crippen LogP) is 4.59. The molecule has 3 N–H and O–H groups in total. The zero-order valence-corrected chi connectivity index (χ0v) is 24.8. The third-order valence-corrected chi connectivity index (χ3v) is 8.76. The van der Waals surface area contributed by atoms with Gasteiger partial charge in [0, 0.05) is 46.2 Å². The van der Waals surface area contributed by atoms with Crippen LogP contribution in [0.25, 0.3) is 12.2 Å². The van der Waals surface area contributed by atoms with Crippen molar-refractivity contribution in [2.75, 3.05) is 5.32 Å².